The number of hydrogen-bond donors (Lipinski definition) is 3. The Bertz CT molecular complexity index is 481. The Hall–Kier alpha value is -3.50. The van der Waals surface area contributed by atoms with Gasteiger partial charge in [-0.25, -0.2) is 9.97 Å². The first-order valence-corrected chi connectivity index (χ1v) is 5.17. The summed E-state index contributed by atoms with van der Waals surface area (Å²) in [5.41, 5.74) is 0. The molecule has 0 saturated carbocycles. The van der Waals surface area contributed by atoms with Crippen molar-refractivity contribution >= 4 is 11.6 Å². The fourth-order valence-corrected chi connectivity index (χ4v) is 1.00. The summed E-state index contributed by atoms with van der Waals surface area (Å²) in [5.74, 6) is 1.61. The molecule has 0 aliphatic carbocycles. The Kier molecular flexibility index (Phi) is 8.69. The van der Waals surface area contributed by atoms with Gasteiger partial charge in [0.1, 0.15) is 11.6 Å². The van der Waals surface area contributed by atoms with Gasteiger partial charge < -0.3 is 15.7 Å². The summed E-state index contributed by atoms with van der Waals surface area (Å²) < 4.78 is 0. The molecule has 0 radical (unpaired) electrons. The van der Waals surface area contributed by atoms with E-state index in [1.165, 1.54) is 0 Å². The zero-order valence-corrected chi connectivity index (χ0v) is 10.4. The fraction of sp³-hybridized carbons (Fsp3) is 0. The maximum absolute atomic E-state index is 8.36. The standard InChI is InChI=1S/C10H9N3.2HNO3/c1-3-7-11-9(5-1)13-10-6-2-4-8-12-10;2*2-1(3)4/h1-8H,(H,11,12,13);2*(H,2,3,4). The van der Waals surface area contributed by atoms with Crippen LogP contribution in [0.15, 0.2) is 48.8 Å². The molecule has 0 fully saturated rings. The molecule has 0 aliphatic rings. The van der Waals surface area contributed by atoms with E-state index in [1.54, 1.807) is 12.4 Å². The third-order valence-electron chi connectivity index (χ3n) is 1.59. The van der Waals surface area contributed by atoms with Crippen molar-refractivity contribution in [3.8, 4) is 0 Å². The molecule has 0 spiro atoms. The average Bonchev–Trinajstić information content (AvgIpc) is 2.40. The van der Waals surface area contributed by atoms with Crippen molar-refractivity contribution in [1.82, 2.24) is 9.97 Å². The molecule has 11 heteroatoms. The Morgan fingerprint density at radius 2 is 1.19 bits per heavy atom. The van der Waals surface area contributed by atoms with Crippen molar-refractivity contribution in [3.05, 3.63) is 69.0 Å². The van der Waals surface area contributed by atoms with E-state index in [0.717, 1.165) is 11.6 Å². The second kappa shape index (κ2) is 10.4. The van der Waals surface area contributed by atoms with Gasteiger partial charge in [-0.15, -0.1) is 20.2 Å². The van der Waals surface area contributed by atoms with Gasteiger partial charge in [0.2, 0.25) is 0 Å². The third-order valence-corrected chi connectivity index (χ3v) is 1.59. The van der Waals surface area contributed by atoms with Gasteiger partial charge in [0.05, 0.1) is 0 Å². The predicted molar refractivity (Wildman–Crippen MR) is 69.3 cm³/mol. The number of hydrogen-bond acceptors (Lipinski definition) is 7. The van der Waals surface area contributed by atoms with Crippen molar-refractivity contribution in [2.75, 3.05) is 5.32 Å². The molecule has 0 atom stereocenters. The largest absolute Gasteiger partial charge is 0.328 e. The van der Waals surface area contributed by atoms with Crippen LogP contribution in [0.4, 0.5) is 11.6 Å². The number of anilines is 2. The van der Waals surface area contributed by atoms with Gasteiger partial charge in [-0.05, 0) is 24.3 Å². The molecular weight excluding hydrogens is 286 g/mol. The summed E-state index contributed by atoms with van der Waals surface area (Å²) in [7, 11) is 0. The highest BCUT2D eigenvalue weighted by molar-refractivity contribution is 5.50. The van der Waals surface area contributed by atoms with E-state index in [4.69, 9.17) is 30.6 Å². The van der Waals surface area contributed by atoms with Gasteiger partial charge in [-0.3, -0.25) is 0 Å². The first-order valence-electron chi connectivity index (χ1n) is 5.17. The average molecular weight is 297 g/mol. The van der Waals surface area contributed by atoms with Crippen molar-refractivity contribution in [3.63, 3.8) is 0 Å². The minimum absolute atomic E-state index is 0.807. The van der Waals surface area contributed by atoms with E-state index in [1.807, 2.05) is 36.4 Å². The highest BCUT2D eigenvalue weighted by atomic mass is 16.9. The van der Waals surface area contributed by atoms with Gasteiger partial charge in [0.25, 0.3) is 10.2 Å². The van der Waals surface area contributed by atoms with Crippen molar-refractivity contribution in [1.29, 1.82) is 0 Å². The molecule has 0 aromatic carbocycles. The molecule has 2 rings (SSSR count). The summed E-state index contributed by atoms with van der Waals surface area (Å²) in [6.45, 7) is 0. The summed E-state index contributed by atoms with van der Waals surface area (Å²) in [6.07, 6.45) is 3.48. The van der Waals surface area contributed by atoms with Crippen LogP contribution in [-0.4, -0.2) is 30.6 Å². The van der Waals surface area contributed by atoms with Crippen molar-refractivity contribution in [2.24, 2.45) is 0 Å². The Morgan fingerprint density at radius 1 is 0.857 bits per heavy atom. The highest BCUT2D eigenvalue weighted by Crippen LogP contribution is 2.08. The first kappa shape index (κ1) is 17.5. The Balaban J connectivity index is 0.000000421. The van der Waals surface area contributed by atoms with E-state index in [9.17, 15) is 0 Å². The molecule has 3 N–H and O–H groups in total. The molecule has 0 amide bonds. The van der Waals surface area contributed by atoms with Crippen LogP contribution in [-0.2, 0) is 0 Å². The second-order valence-electron chi connectivity index (χ2n) is 3.03. The molecule has 112 valence electrons. The van der Waals surface area contributed by atoms with Crippen LogP contribution in [0.5, 0.6) is 0 Å². The Labute approximate surface area is 117 Å². The molecule has 2 aromatic heterocycles. The monoisotopic (exact) mass is 297 g/mol. The lowest BCUT2D eigenvalue weighted by atomic mass is 10.4. The van der Waals surface area contributed by atoms with E-state index >= 15 is 0 Å². The van der Waals surface area contributed by atoms with Gasteiger partial charge in [0, 0.05) is 12.4 Å². The number of nitrogens with one attached hydrogen (secondary N) is 1. The molecule has 21 heavy (non-hydrogen) atoms. The summed E-state index contributed by atoms with van der Waals surface area (Å²) >= 11 is 0. The van der Waals surface area contributed by atoms with Gasteiger partial charge in [-0.1, -0.05) is 12.1 Å². The van der Waals surface area contributed by atoms with Crippen LogP contribution in [0, 0.1) is 20.2 Å². The molecule has 0 unspecified atom stereocenters. The lowest BCUT2D eigenvalue weighted by Crippen LogP contribution is -1.93. The maximum Gasteiger partial charge on any atom is 0.291 e. The molecule has 2 heterocycles. The zero-order valence-electron chi connectivity index (χ0n) is 10.4. The van der Waals surface area contributed by atoms with Gasteiger partial charge in [0.15, 0.2) is 0 Å². The van der Waals surface area contributed by atoms with E-state index in [2.05, 4.69) is 15.3 Å². The highest BCUT2D eigenvalue weighted by Gasteiger charge is 1.92. The normalized spacial score (nSPS) is 8.19. The van der Waals surface area contributed by atoms with Crippen LogP contribution >= 0.6 is 0 Å². The van der Waals surface area contributed by atoms with Crippen molar-refractivity contribution in [2.45, 2.75) is 0 Å². The minimum atomic E-state index is -1.50. The summed E-state index contributed by atoms with van der Waals surface area (Å²) in [4.78, 5) is 25.0. The van der Waals surface area contributed by atoms with Crippen molar-refractivity contribution < 1.29 is 20.6 Å². The fourth-order valence-electron chi connectivity index (χ4n) is 1.00. The third kappa shape index (κ3) is 12.7. The summed E-state index contributed by atoms with van der Waals surface area (Å²) in [5, 5.41) is 30.4. The van der Waals surface area contributed by atoms with Crippen LogP contribution < -0.4 is 5.32 Å². The first-order chi connectivity index (χ1) is 9.91. The van der Waals surface area contributed by atoms with E-state index < -0.39 is 10.2 Å². The summed E-state index contributed by atoms with van der Waals surface area (Å²) in [6, 6.07) is 11.4. The molecule has 0 saturated heterocycles. The quantitative estimate of drug-likeness (QED) is 0.550. The maximum atomic E-state index is 8.36. The minimum Gasteiger partial charge on any atom is -0.328 e. The van der Waals surface area contributed by atoms with E-state index in [-0.39, 0.29) is 0 Å². The predicted octanol–water partition coefficient (Wildman–Crippen LogP) is 1.52. The number of aromatic nitrogens is 2. The molecule has 2 aromatic rings. The van der Waals surface area contributed by atoms with Gasteiger partial charge in [-0.2, -0.15) is 0 Å². The molecule has 0 bridgehead atoms. The second-order valence-corrected chi connectivity index (χ2v) is 3.03. The SMILES string of the molecule is O=[N+]([O-])O.O=[N+]([O-])O.c1ccc(Nc2ccccn2)nc1. The lowest BCUT2D eigenvalue weighted by Gasteiger charge is -2.02. The van der Waals surface area contributed by atoms with Crippen LogP contribution in [0.3, 0.4) is 0 Å². The van der Waals surface area contributed by atoms with E-state index in [0.29, 0.717) is 0 Å². The number of pyridine rings is 2. The number of nitrogens with zero attached hydrogens (tertiary/aromatic N) is 4. The van der Waals surface area contributed by atoms with Crippen LogP contribution in [0.2, 0.25) is 0 Å². The molecule has 11 nitrogen and oxygen atoms in total. The lowest BCUT2D eigenvalue weighted by molar-refractivity contribution is -0.742. The van der Waals surface area contributed by atoms with Crippen LogP contribution in [0.1, 0.15) is 0 Å². The topological polar surface area (TPSA) is 165 Å². The van der Waals surface area contributed by atoms with Crippen LogP contribution in [0.25, 0.3) is 0 Å². The smallest absolute Gasteiger partial charge is 0.291 e. The van der Waals surface area contributed by atoms with Gasteiger partial charge >= 0.3 is 0 Å². The molecule has 0 aliphatic heterocycles. The molecular formula is C10H11N5O6. The Morgan fingerprint density at radius 3 is 1.43 bits per heavy atom. The number of rotatable bonds is 2. The zero-order chi connectivity index (χ0) is 16.1.